The highest BCUT2D eigenvalue weighted by atomic mass is 16.5. The van der Waals surface area contributed by atoms with Crippen molar-refractivity contribution < 1.29 is 9.53 Å². The number of nitrogens with one attached hydrogen (secondary N) is 1. The van der Waals surface area contributed by atoms with Crippen LogP contribution in [-0.4, -0.2) is 23.0 Å². The number of methoxy groups -OCH3 is 1. The van der Waals surface area contributed by atoms with Crippen LogP contribution in [0.15, 0.2) is 55.0 Å². The highest BCUT2D eigenvalue weighted by Crippen LogP contribution is 2.20. The maximum absolute atomic E-state index is 12.2. The van der Waals surface area contributed by atoms with Crippen LogP contribution in [-0.2, 0) is 0 Å². The van der Waals surface area contributed by atoms with Gasteiger partial charge in [0.1, 0.15) is 5.75 Å². The number of benzene rings is 1. The van der Waals surface area contributed by atoms with Gasteiger partial charge >= 0.3 is 0 Å². The molecule has 3 aromatic rings. The van der Waals surface area contributed by atoms with E-state index in [1.54, 1.807) is 43.9 Å². The smallest absolute Gasteiger partial charge is 0.257 e. The average Bonchev–Trinajstić information content (AvgIpc) is 2.54. The maximum Gasteiger partial charge on any atom is 0.257 e. The Balaban J connectivity index is 1.91. The van der Waals surface area contributed by atoms with E-state index in [4.69, 9.17) is 4.74 Å². The highest BCUT2D eigenvalue weighted by molar-refractivity contribution is 6.05. The van der Waals surface area contributed by atoms with Gasteiger partial charge in [-0.2, -0.15) is 0 Å². The van der Waals surface area contributed by atoms with Gasteiger partial charge in [-0.05, 0) is 36.4 Å². The minimum atomic E-state index is -0.222. The fourth-order valence-corrected chi connectivity index (χ4v) is 2.00. The molecule has 1 amide bonds. The molecule has 0 fully saturated rings. The monoisotopic (exact) mass is 279 g/mol. The van der Waals surface area contributed by atoms with Crippen molar-refractivity contribution >= 4 is 22.5 Å². The summed E-state index contributed by atoms with van der Waals surface area (Å²) in [5, 5.41) is 3.63. The van der Waals surface area contributed by atoms with E-state index in [0.717, 1.165) is 16.7 Å². The summed E-state index contributed by atoms with van der Waals surface area (Å²) in [4.78, 5) is 20.4. The number of carbonyl (C=O) groups is 1. The summed E-state index contributed by atoms with van der Waals surface area (Å²) in [6, 6.07) is 10.9. The van der Waals surface area contributed by atoms with Crippen LogP contribution in [0.5, 0.6) is 5.75 Å². The standard InChI is InChI=1S/C16H13N3O2/c1-21-14-4-5-15-11(8-14)7-12(9-18-15)16(20)19-13-3-2-6-17-10-13/h2-10H,1H3,(H,19,20). The summed E-state index contributed by atoms with van der Waals surface area (Å²) in [5.74, 6) is 0.509. The Morgan fingerprint density at radius 2 is 2.10 bits per heavy atom. The Bertz CT molecular complexity index is 788. The van der Waals surface area contributed by atoms with Crippen LogP contribution in [0.1, 0.15) is 10.4 Å². The second-order valence-corrected chi connectivity index (χ2v) is 4.48. The molecule has 1 N–H and O–H groups in total. The molecule has 0 atom stereocenters. The van der Waals surface area contributed by atoms with E-state index in [9.17, 15) is 4.79 Å². The summed E-state index contributed by atoms with van der Waals surface area (Å²) in [6.45, 7) is 0. The van der Waals surface area contributed by atoms with Gasteiger partial charge in [-0.25, -0.2) is 0 Å². The number of carbonyl (C=O) groups excluding carboxylic acids is 1. The quantitative estimate of drug-likeness (QED) is 0.800. The van der Waals surface area contributed by atoms with Gasteiger partial charge in [0.15, 0.2) is 0 Å². The zero-order valence-corrected chi connectivity index (χ0v) is 11.4. The van der Waals surface area contributed by atoms with Crippen LogP contribution < -0.4 is 10.1 Å². The normalized spacial score (nSPS) is 10.3. The second-order valence-electron chi connectivity index (χ2n) is 4.48. The first-order chi connectivity index (χ1) is 10.3. The van der Waals surface area contributed by atoms with Crippen LogP contribution in [0, 0.1) is 0 Å². The third-order valence-electron chi connectivity index (χ3n) is 3.07. The number of anilines is 1. The summed E-state index contributed by atoms with van der Waals surface area (Å²) in [7, 11) is 1.60. The van der Waals surface area contributed by atoms with Crippen molar-refractivity contribution in [3.05, 3.63) is 60.6 Å². The molecule has 21 heavy (non-hydrogen) atoms. The van der Waals surface area contributed by atoms with Crippen LogP contribution in [0.2, 0.25) is 0 Å². The first-order valence-corrected chi connectivity index (χ1v) is 6.41. The number of aromatic nitrogens is 2. The summed E-state index contributed by atoms with van der Waals surface area (Å²) in [5.41, 5.74) is 1.95. The van der Waals surface area contributed by atoms with E-state index in [-0.39, 0.29) is 5.91 Å². The minimum absolute atomic E-state index is 0.222. The van der Waals surface area contributed by atoms with Crippen LogP contribution in [0.25, 0.3) is 10.9 Å². The number of nitrogens with zero attached hydrogens (tertiary/aromatic N) is 2. The van der Waals surface area contributed by atoms with Crippen molar-refractivity contribution in [2.24, 2.45) is 0 Å². The molecule has 2 heterocycles. The Morgan fingerprint density at radius 1 is 1.19 bits per heavy atom. The van der Waals surface area contributed by atoms with E-state index in [1.165, 1.54) is 0 Å². The third-order valence-corrected chi connectivity index (χ3v) is 3.07. The molecule has 0 saturated carbocycles. The van der Waals surface area contributed by atoms with Crippen molar-refractivity contribution in [2.45, 2.75) is 0 Å². The highest BCUT2D eigenvalue weighted by Gasteiger charge is 2.08. The topological polar surface area (TPSA) is 64.1 Å². The van der Waals surface area contributed by atoms with Gasteiger partial charge in [-0.15, -0.1) is 0 Å². The molecule has 0 saturated heterocycles. The van der Waals surface area contributed by atoms with Crippen molar-refractivity contribution in [1.29, 1.82) is 0 Å². The van der Waals surface area contributed by atoms with E-state index < -0.39 is 0 Å². The molecule has 0 spiro atoms. The first kappa shape index (κ1) is 13.1. The zero-order chi connectivity index (χ0) is 14.7. The van der Waals surface area contributed by atoms with Gasteiger partial charge in [0.2, 0.25) is 0 Å². The van der Waals surface area contributed by atoms with Gasteiger partial charge in [-0.3, -0.25) is 14.8 Å². The summed E-state index contributed by atoms with van der Waals surface area (Å²) < 4.78 is 5.18. The molecule has 0 unspecified atom stereocenters. The van der Waals surface area contributed by atoms with Gasteiger partial charge < -0.3 is 10.1 Å². The van der Waals surface area contributed by atoms with Crippen LogP contribution in [0.3, 0.4) is 0 Å². The number of fused-ring (bicyclic) bond motifs is 1. The predicted octanol–water partition coefficient (Wildman–Crippen LogP) is 2.89. The lowest BCUT2D eigenvalue weighted by atomic mass is 10.1. The van der Waals surface area contributed by atoms with Gasteiger partial charge in [0.25, 0.3) is 5.91 Å². The molecule has 0 aliphatic heterocycles. The lowest BCUT2D eigenvalue weighted by Crippen LogP contribution is -2.12. The molecule has 0 radical (unpaired) electrons. The molecule has 2 aromatic heterocycles. The van der Waals surface area contributed by atoms with Crippen LogP contribution >= 0.6 is 0 Å². The number of hydrogen-bond acceptors (Lipinski definition) is 4. The van der Waals surface area contributed by atoms with Gasteiger partial charge in [-0.1, -0.05) is 0 Å². The number of hydrogen-bond donors (Lipinski definition) is 1. The Morgan fingerprint density at radius 3 is 2.86 bits per heavy atom. The molecule has 104 valence electrons. The molecule has 5 heteroatoms. The molecule has 1 aromatic carbocycles. The molecular formula is C16H13N3O2. The van der Waals surface area contributed by atoms with Crippen LogP contribution in [0.4, 0.5) is 5.69 Å². The van der Waals surface area contributed by atoms with E-state index in [2.05, 4.69) is 15.3 Å². The van der Waals surface area contributed by atoms with Crippen molar-refractivity contribution in [2.75, 3.05) is 12.4 Å². The van der Waals surface area contributed by atoms with Crippen molar-refractivity contribution in [3.63, 3.8) is 0 Å². The maximum atomic E-state index is 12.2. The molecule has 0 aliphatic carbocycles. The van der Waals surface area contributed by atoms with E-state index >= 15 is 0 Å². The molecule has 3 rings (SSSR count). The summed E-state index contributed by atoms with van der Waals surface area (Å²) >= 11 is 0. The van der Waals surface area contributed by atoms with Crippen molar-refractivity contribution in [1.82, 2.24) is 9.97 Å². The third kappa shape index (κ3) is 2.81. The fraction of sp³-hybridized carbons (Fsp3) is 0.0625. The first-order valence-electron chi connectivity index (χ1n) is 6.41. The number of amides is 1. The lowest BCUT2D eigenvalue weighted by molar-refractivity contribution is 0.102. The Labute approximate surface area is 121 Å². The van der Waals surface area contributed by atoms with E-state index in [0.29, 0.717) is 11.3 Å². The van der Waals surface area contributed by atoms with E-state index in [1.807, 2.05) is 18.2 Å². The fourth-order valence-electron chi connectivity index (χ4n) is 2.00. The Hall–Kier alpha value is -2.95. The number of pyridine rings is 2. The average molecular weight is 279 g/mol. The van der Waals surface area contributed by atoms with Gasteiger partial charge in [0, 0.05) is 17.8 Å². The molecule has 5 nitrogen and oxygen atoms in total. The van der Waals surface area contributed by atoms with Crippen molar-refractivity contribution in [3.8, 4) is 5.75 Å². The molecular weight excluding hydrogens is 266 g/mol. The second kappa shape index (κ2) is 5.58. The number of ether oxygens (including phenoxy) is 1. The Kier molecular flexibility index (Phi) is 3.47. The van der Waals surface area contributed by atoms with Gasteiger partial charge in [0.05, 0.1) is 30.1 Å². The molecule has 0 aliphatic rings. The SMILES string of the molecule is COc1ccc2ncc(C(=O)Nc3cccnc3)cc2c1. The number of rotatable bonds is 3. The minimum Gasteiger partial charge on any atom is -0.497 e. The lowest BCUT2D eigenvalue weighted by Gasteiger charge is -2.06. The summed E-state index contributed by atoms with van der Waals surface area (Å²) in [6.07, 6.45) is 4.80. The molecule has 0 bridgehead atoms. The zero-order valence-electron chi connectivity index (χ0n) is 11.4. The predicted molar refractivity (Wildman–Crippen MR) is 80.5 cm³/mol. The largest absolute Gasteiger partial charge is 0.497 e.